The summed E-state index contributed by atoms with van der Waals surface area (Å²) >= 11 is 0. The van der Waals surface area contributed by atoms with Crippen LogP contribution in [-0.2, 0) is 14.3 Å². The summed E-state index contributed by atoms with van der Waals surface area (Å²) in [5.74, 6) is -0.304. The molecule has 0 spiro atoms. The lowest BCUT2D eigenvalue weighted by Crippen LogP contribution is -2.39. The van der Waals surface area contributed by atoms with E-state index in [0.29, 0.717) is 13.0 Å². The number of rotatable bonds is 12. The Bertz CT molecular complexity index is 421. The van der Waals surface area contributed by atoms with Crippen LogP contribution in [0.4, 0.5) is 0 Å². The van der Waals surface area contributed by atoms with Gasteiger partial charge in [-0.3, -0.25) is 0 Å². The van der Waals surface area contributed by atoms with Gasteiger partial charge in [-0.15, -0.1) is 0 Å². The van der Waals surface area contributed by atoms with Crippen LogP contribution in [0.1, 0.15) is 73.1 Å². The Hall–Kier alpha value is -1.13. The van der Waals surface area contributed by atoms with Gasteiger partial charge in [-0.2, -0.15) is 0 Å². The molecule has 0 saturated carbocycles. The molecule has 4 nitrogen and oxygen atoms in total. The van der Waals surface area contributed by atoms with Gasteiger partial charge in [0.1, 0.15) is 0 Å². The summed E-state index contributed by atoms with van der Waals surface area (Å²) in [6.07, 6.45) is 8.61. The number of methoxy groups -OCH3 is 1. The first kappa shape index (κ1) is 22.9. The number of carbonyl (C=O) groups excluding carboxylic acids is 1. The monoisotopic (exact) mass is 340 g/mol. The van der Waals surface area contributed by atoms with Gasteiger partial charge in [-0.25, -0.2) is 4.79 Å². The van der Waals surface area contributed by atoms with E-state index in [4.69, 9.17) is 4.74 Å². The number of allylic oxidation sites excluding steroid dienone is 3. The molecule has 0 aromatic rings. The van der Waals surface area contributed by atoms with Gasteiger partial charge in [0.15, 0.2) is 0 Å². The largest absolute Gasteiger partial charge is 0.466 e. The van der Waals surface area contributed by atoms with Crippen LogP contribution in [0.2, 0.25) is 0 Å². The number of esters is 1. The van der Waals surface area contributed by atoms with Crippen LogP contribution < -0.4 is 0 Å². The van der Waals surface area contributed by atoms with Gasteiger partial charge in [0.25, 0.3) is 0 Å². The molecule has 0 aliphatic heterocycles. The van der Waals surface area contributed by atoms with Crippen LogP contribution >= 0.6 is 0 Å². The standard InChI is InChI=1S/C20H36O4/c1-7-8-14-24-20(4,5)18(21)13-12-16(2)10-9-11-17(3)15-19(22)23-6/h10,15,18,21H,7-9,11-14H2,1-6H3. The summed E-state index contributed by atoms with van der Waals surface area (Å²) < 4.78 is 10.4. The Labute approximate surface area is 147 Å². The molecule has 0 bridgehead atoms. The number of aliphatic hydroxyl groups excluding tert-OH is 1. The summed E-state index contributed by atoms with van der Waals surface area (Å²) in [5.41, 5.74) is 1.76. The molecule has 4 heteroatoms. The normalized spacial score (nSPS) is 14.6. The molecule has 1 atom stereocenters. The highest BCUT2D eigenvalue weighted by molar-refractivity contribution is 5.82. The maximum absolute atomic E-state index is 11.1. The molecule has 0 heterocycles. The quantitative estimate of drug-likeness (QED) is 0.245. The average Bonchev–Trinajstić information content (AvgIpc) is 2.52. The van der Waals surface area contributed by atoms with E-state index >= 15 is 0 Å². The second-order valence-corrected chi connectivity index (χ2v) is 6.96. The van der Waals surface area contributed by atoms with Crippen molar-refractivity contribution < 1.29 is 19.4 Å². The second-order valence-electron chi connectivity index (χ2n) is 6.96. The van der Waals surface area contributed by atoms with E-state index in [0.717, 1.165) is 37.7 Å². The van der Waals surface area contributed by atoms with E-state index < -0.39 is 11.7 Å². The Morgan fingerprint density at radius 3 is 2.46 bits per heavy atom. The summed E-state index contributed by atoms with van der Waals surface area (Å²) in [7, 11) is 1.38. The zero-order valence-electron chi connectivity index (χ0n) is 16.4. The van der Waals surface area contributed by atoms with Crippen molar-refractivity contribution in [3.05, 3.63) is 23.3 Å². The van der Waals surface area contributed by atoms with Crippen LogP contribution in [-0.4, -0.2) is 36.5 Å². The highest BCUT2D eigenvalue weighted by atomic mass is 16.5. The van der Waals surface area contributed by atoms with Crippen molar-refractivity contribution in [3.8, 4) is 0 Å². The molecular weight excluding hydrogens is 304 g/mol. The van der Waals surface area contributed by atoms with Crippen molar-refractivity contribution in [1.82, 2.24) is 0 Å². The first-order chi connectivity index (χ1) is 11.2. The maximum atomic E-state index is 11.1. The first-order valence-corrected chi connectivity index (χ1v) is 8.95. The van der Waals surface area contributed by atoms with Crippen LogP contribution in [0.5, 0.6) is 0 Å². The molecule has 0 aromatic heterocycles. The van der Waals surface area contributed by atoms with Gasteiger partial charge in [0.05, 0.1) is 18.8 Å². The zero-order chi connectivity index (χ0) is 18.6. The van der Waals surface area contributed by atoms with Crippen molar-refractivity contribution in [2.45, 2.75) is 84.8 Å². The molecule has 1 N–H and O–H groups in total. The van der Waals surface area contributed by atoms with Gasteiger partial charge in [-0.1, -0.05) is 30.6 Å². The minimum atomic E-state index is -0.505. The molecule has 0 radical (unpaired) electrons. The lowest BCUT2D eigenvalue weighted by Gasteiger charge is -2.31. The van der Waals surface area contributed by atoms with E-state index in [1.165, 1.54) is 18.8 Å². The smallest absolute Gasteiger partial charge is 0.330 e. The number of hydrogen-bond donors (Lipinski definition) is 1. The fourth-order valence-corrected chi connectivity index (χ4v) is 2.27. The predicted molar refractivity (Wildman–Crippen MR) is 98.9 cm³/mol. The number of carbonyl (C=O) groups is 1. The molecule has 0 aliphatic carbocycles. The Balaban J connectivity index is 4.20. The highest BCUT2D eigenvalue weighted by Crippen LogP contribution is 2.21. The van der Waals surface area contributed by atoms with Crippen LogP contribution in [0, 0.1) is 0 Å². The van der Waals surface area contributed by atoms with Gasteiger partial charge in [0.2, 0.25) is 0 Å². The first-order valence-electron chi connectivity index (χ1n) is 8.95. The van der Waals surface area contributed by atoms with Gasteiger partial charge >= 0.3 is 5.97 Å². The van der Waals surface area contributed by atoms with E-state index in [9.17, 15) is 9.90 Å². The fraction of sp³-hybridized carbons (Fsp3) is 0.750. The molecule has 0 saturated heterocycles. The van der Waals surface area contributed by atoms with Crippen LogP contribution in [0.3, 0.4) is 0 Å². The molecular formula is C20H36O4. The van der Waals surface area contributed by atoms with Crippen molar-refractivity contribution in [3.63, 3.8) is 0 Å². The predicted octanol–water partition coefficient (Wildman–Crippen LogP) is 4.57. The number of ether oxygens (including phenoxy) is 2. The molecule has 0 rings (SSSR count). The molecule has 1 unspecified atom stereocenters. The minimum Gasteiger partial charge on any atom is -0.466 e. The van der Waals surface area contributed by atoms with E-state index in [-0.39, 0.29) is 5.97 Å². The average molecular weight is 341 g/mol. The van der Waals surface area contributed by atoms with Crippen molar-refractivity contribution >= 4 is 5.97 Å². The zero-order valence-corrected chi connectivity index (χ0v) is 16.4. The van der Waals surface area contributed by atoms with Crippen LogP contribution in [0.25, 0.3) is 0 Å². The second kappa shape index (κ2) is 12.3. The van der Waals surface area contributed by atoms with Gasteiger partial charge < -0.3 is 14.6 Å². The van der Waals surface area contributed by atoms with Crippen molar-refractivity contribution in [2.75, 3.05) is 13.7 Å². The van der Waals surface area contributed by atoms with Gasteiger partial charge in [0, 0.05) is 12.7 Å². The molecule has 140 valence electrons. The van der Waals surface area contributed by atoms with E-state index in [1.54, 1.807) is 0 Å². The fourth-order valence-electron chi connectivity index (χ4n) is 2.27. The maximum Gasteiger partial charge on any atom is 0.330 e. The minimum absolute atomic E-state index is 0.304. The number of aliphatic hydroxyl groups is 1. The molecule has 24 heavy (non-hydrogen) atoms. The van der Waals surface area contributed by atoms with Crippen molar-refractivity contribution in [1.29, 1.82) is 0 Å². The Morgan fingerprint density at radius 1 is 1.21 bits per heavy atom. The van der Waals surface area contributed by atoms with Crippen molar-refractivity contribution in [2.24, 2.45) is 0 Å². The molecule has 0 aliphatic rings. The topological polar surface area (TPSA) is 55.8 Å². The third-order valence-corrected chi connectivity index (χ3v) is 4.18. The third kappa shape index (κ3) is 10.6. The summed E-state index contributed by atoms with van der Waals surface area (Å²) in [6.45, 7) is 10.7. The third-order valence-electron chi connectivity index (χ3n) is 4.18. The highest BCUT2D eigenvalue weighted by Gasteiger charge is 2.28. The molecule has 0 fully saturated rings. The van der Waals surface area contributed by atoms with E-state index in [2.05, 4.69) is 24.7 Å². The van der Waals surface area contributed by atoms with Crippen LogP contribution in [0.15, 0.2) is 23.3 Å². The summed E-state index contributed by atoms with van der Waals surface area (Å²) in [5, 5.41) is 10.4. The lowest BCUT2D eigenvalue weighted by molar-refractivity contribution is -0.134. The molecule has 0 aromatic carbocycles. The number of unbranched alkanes of at least 4 members (excludes halogenated alkanes) is 1. The molecule has 0 amide bonds. The van der Waals surface area contributed by atoms with E-state index in [1.807, 2.05) is 20.8 Å². The van der Waals surface area contributed by atoms with Gasteiger partial charge in [-0.05, 0) is 59.8 Å². The Morgan fingerprint density at radius 2 is 1.88 bits per heavy atom. The SMILES string of the molecule is CCCCOC(C)(C)C(O)CCC(C)=CCCC(C)=CC(=O)OC. The Kier molecular flexibility index (Phi) is 11.7. The lowest BCUT2D eigenvalue weighted by atomic mass is 9.95. The summed E-state index contributed by atoms with van der Waals surface area (Å²) in [4.78, 5) is 11.1. The summed E-state index contributed by atoms with van der Waals surface area (Å²) in [6, 6.07) is 0. The number of hydrogen-bond acceptors (Lipinski definition) is 4.